The van der Waals surface area contributed by atoms with Crippen molar-refractivity contribution >= 4 is 5.97 Å². The molecule has 1 N–H and O–H groups in total. The number of hydrogen-bond donors (Lipinski definition) is 1. The largest absolute Gasteiger partial charge is 0.463 e. The van der Waals surface area contributed by atoms with Crippen LogP contribution in [0.4, 0.5) is 0 Å². The Hall–Kier alpha value is -0.610. The third kappa shape index (κ3) is 2.92. The molecule has 0 aromatic heterocycles. The highest BCUT2D eigenvalue weighted by Gasteiger charge is 2.38. The third-order valence-electron chi connectivity index (χ3n) is 3.46. The summed E-state index contributed by atoms with van der Waals surface area (Å²) in [5, 5.41) is 9.64. The molecule has 88 valence electrons. The maximum atomic E-state index is 10.7. The van der Waals surface area contributed by atoms with Gasteiger partial charge < -0.3 is 14.6 Å². The molecule has 1 aliphatic rings. The van der Waals surface area contributed by atoms with Crippen LogP contribution < -0.4 is 0 Å². The number of carbonyl (C=O) groups is 1. The Bertz CT molecular complexity index is 229. The molecule has 5 atom stereocenters. The van der Waals surface area contributed by atoms with Gasteiger partial charge in [0.25, 0.3) is 0 Å². The van der Waals surface area contributed by atoms with E-state index >= 15 is 0 Å². The fourth-order valence-electron chi connectivity index (χ4n) is 1.89. The molecule has 0 spiro atoms. The van der Waals surface area contributed by atoms with Crippen LogP contribution in [0.1, 0.15) is 27.7 Å². The van der Waals surface area contributed by atoms with Crippen LogP contribution in [0.2, 0.25) is 0 Å². The number of carbonyl (C=O) groups excluding carboxylic acids is 1. The van der Waals surface area contributed by atoms with E-state index in [1.165, 1.54) is 6.92 Å². The Morgan fingerprint density at radius 2 is 1.87 bits per heavy atom. The van der Waals surface area contributed by atoms with E-state index < -0.39 is 6.29 Å². The average Bonchev–Trinajstić information content (AvgIpc) is 2.18. The molecule has 1 heterocycles. The third-order valence-corrected chi connectivity index (χ3v) is 3.46. The van der Waals surface area contributed by atoms with Crippen LogP contribution in [-0.2, 0) is 14.3 Å². The Balaban J connectivity index is 2.54. The molecule has 1 saturated heterocycles. The lowest BCUT2D eigenvalue weighted by Crippen LogP contribution is -2.46. The van der Waals surface area contributed by atoms with Crippen molar-refractivity contribution in [2.75, 3.05) is 6.61 Å². The number of ether oxygens (including phenoxy) is 2. The highest BCUT2D eigenvalue weighted by Crippen LogP contribution is 2.33. The van der Waals surface area contributed by atoms with Crippen molar-refractivity contribution in [3.63, 3.8) is 0 Å². The molecule has 0 radical (unpaired) electrons. The van der Waals surface area contributed by atoms with Crippen molar-refractivity contribution in [2.24, 2.45) is 17.8 Å². The zero-order valence-corrected chi connectivity index (χ0v) is 9.77. The fourth-order valence-corrected chi connectivity index (χ4v) is 1.89. The quantitative estimate of drug-likeness (QED) is 0.704. The van der Waals surface area contributed by atoms with Crippen molar-refractivity contribution in [2.45, 2.75) is 40.1 Å². The number of aliphatic hydroxyl groups is 1. The first-order valence-electron chi connectivity index (χ1n) is 5.40. The van der Waals surface area contributed by atoms with E-state index in [1.54, 1.807) is 0 Å². The van der Waals surface area contributed by atoms with Crippen LogP contribution in [0.15, 0.2) is 0 Å². The van der Waals surface area contributed by atoms with Crippen molar-refractivity contribution in [1.29, 1.82) is 0 Å². The molecule has 2 unspecified atom stereocenters. The maximum absolute atomic E-state index is 10.7. The summed E-state index contributed by atoms with van der Waals surface area (Å²) in [5.74, 6) is 0.442. The van der Waals surface area contributed by atoms with Gasteiger partial charge in [0.2, 0.25) is 0 Å². The van der Waals surface area contributed by atoms with Gasteiger partial charge in [-0.05, 0) is 11.8 Å². The Morgan fingerprint density at radius 1 is 1.27 bits per heavy atom. The number of esters is 1. The van der Waals surface area contributed by atoms with E-state index in [0.29, 0.717) is 5.92 Å². The standard InChI is InChI=1S/C11H20O4/c1-6-7(2)10(5-14-9(4)12)15-11(13)8(6)3/h6-8,10-11,13H,5H2,1-4H3/t6-,7+,8?,10?,11+/m0/s1. The summed E-state index contributed by atoms with van der Waals surface area (Å²) in [6, 6.07) is 0. The molecule has 0 saturated carbocycles. The second-order valence-electron chi connectivity index (χ2n) is 4.45. The minimum absolute atomic E-state index is 0.119. The van der Waals surface area contributed by atoms with Crippen LogP contribution in [0.3, 0.4) is 0 Å². The molecule has 0 aromatic rings. The van der Waals surface area contributed by atoms with Gasteiger partial charge >= 0.3 is 5.97 Å². The van der Waals surface area contributed by atoms with Gasteiger partial charge in [-0.15, -0.1) is 0 Å². The Labute approximate surface area is 90.6 Å². The predicted octanol–water partition coefficient (Wildman–Crippen LogP) is 1.17. The zero-order chi connectivity index (χ0) is 11.6. The first-order chi connectivity index (χ1) is 6.93. The Morgan fingerprint density at radius 3 is 2.40 bits per heavy atom. The number of hydrogen-bond acceptors (Lipinski definition) is 4. The van der Waals surface area contributed by atoms with Gasteiger partial charge in [0.1, 0.15) is 6.61 Å². The van der Waals surface area contributed by atoms with E-state index in [1.807, 2.05) is 6.92 Å². The van der Waals surface area contributed by atoms with Crippen LogP contribution in [0.5, 0.6) is 0 Å². The summed E-state index contributed by atoms with van der Waals surface area (Å²) in [7, 11) is 0. The molecule has 0 amide bonds. The highest BCUT2D eigenvalue weighted by molar-refractivity contribution is 5.65. The molecule has 4 heteroatoms. The molecule has 0 bridgehead atoms. The van der Waals surface area contributed by atoms with Crippen LogP contribution in [-0.4, -0.2) is 30.1 Å². The van der Waals surface area contributed by atoms with Gasteiger partial charge in [-0.25, -0.2) is 0 Å². The molecule has 1 rings (SSSR count). The highest BCUT2D eigenvalue weighted by atomic mass is 16.6. The average molecular weight is 216 g/mol. The normalized spacial score (nSPS) is 41.3. The summed E-state index contributed by atoms with van der Waals surface area (Å²) in [4.78, 5) is 10.7. The lowest BCUT2D eigenvalue weighted by atomic mass is 9.79. The summed E-state index contributed by atoms with van der Waals surface area (Å²) >= 11 is 0. The van der Waals surface area contributed by atoms with Crippen molar-refractivity contribution in [3.05, 3.63) is 0 Å². The minimum Gasteiger partial charge on any atom is -0.463 e. The number of rotatable bonds is 2. The SMILES string of the molecule is CC(=O)OCC1O[C@@H](O)C(C)[C@@H](C)[C@H]1C. The van der Waals surface area contributed by atoms with E-state index in [2.05, 4.69) is 13.8 Å². The minimum atomic E-state index is -0.753. The Kier molecular flexibility index (Phi) is 4.11. The lowest BCUT2D eigenvalue weighted by molar-refractivity contribution is -0.234. The predicted molar refractivity (Wildman–Crippen MR) is 55.0 cm³/mol. The number of aliphatic hydroxyl groups excluding tert-OH is 1. The molecule has 0 aliphatic carbocycles. The molecular formula is C11H20O4. The van der Waals surface area contributed by atoms with Crippen LogP contribution in [0, 0.1) is 17.8 Å². The van der Waals surface area contributed by atoms with E-state index in [0.717, 1.165) is 0 Å². The second kappa shape index (κ2) is 4.94. The molecule has 0 aromatic carbocycles. The first-order valence-corrected chi connectivity index (χ1v) is 5.40. The lowest BCUT2D eigenvalue weighted by Gasteiger charge is -2.41. The van der Waals surface area contributed by atoms with Crippen molar-refractivity contribution in [1.82, 2.24) is 0 Å². The molecule has 1 aliphatic heterocycles. The molecule has 1 fully saturated rings. The smallest absolute Gasteiger partial charge is 0.302 e. The van der Waals surface area contributed by atoms with Crippen LogP contribution in [0.25, 0.3) is 0 Å². The summed E-state index contributed by atoms with van der Waals surface area (Å²) in [5.41, 5.74) is 0. The topological polar surface area (TPSA) is 55.8 Å². The second-order valence-corrected chi connectivity index (χ2v) is 4.45. The van der Waals surface area contributed by atoms with Gasteiger partial charge in [-0.1, -0.05) is 20.8 Å². The fraction of sp³-hybridized carbons (Fsp3) is 0.909. The molecule has 4 nitrogen and oxygen atoms in total. The zero-order valence-electron chi connectivity index (χ0n) is 9.77. The van der Waals surface area contributed by atoms with Crippen LogP contribution >= 0.6 is 0 Å². The molecule has 15 heavy (non-hydrogen) atoms. The monoisotopic (exact) mass is 216 g/mol. The van der Waals surface area contributed by atoms with Gasteiger partial charge in [-0.3, -0.25) is 4.79 Å². The first kappa shape index (κ1) is 12.5. The van der Waals surface area contributed by atoms with Crippen molar-refractivity contribution in [3.8, 4) is 0 Å². The van der Waals surface area contributed by atoms with Gasteiger partial charge in [-0.2, -0.15) is 0 Å². The summed E-state index contributed by atoms with van der Waals surface area (Å²) in [6.45, 7) is 7.71. The van der Waals surface area contributed by atoms with Gasteiger partial charge in [0.05, 0.1) is 6.10 Å². The van der Waals surface area contributed by atoms with E-state index in [4.69, 9.17) is 9.47 Å². The van der Waals surface area contributed by atoms with Gasteiger partial charge in [0, 0.05) is 12.8 Å². The summed E-state index contributed by atoms with van der Waals surface area (Å²) < 4.78 is 10.3. The van der Waals surface area contributed by atoms with E-state index in [9.17, 15) is 9.90 Å². The molecular weight excluding hydrogens is 196 g/mol. The maximum Gasteiger partial charge on any atom is 0.302 e. The van der Waals surface area contributed by atoms with E-state index in [-0.39, 0.29) is 30.5 Å². The summed E-state index contributed by atoms with van der Waals surface area (Å²) in [6.07, 6.45) is -0.952. The van der Waals surface area contributed by atoms with Gasteiger partial charge in [0.15, 0.2) is 6.29 Å². The van der Waals surface area contributed by atoms with Crippen molar-refractivity contribution < 1.29 is 19.4 Å².